The molecule has 0 aliphatic carbocycles. The lowest BCUT2D eigenvalue weighted by Gasteiger charge is -2.26. The Morgan fingerprint density at radius 2 is 1.94 bits per heavy atom. The Morgan fingerprint density at radius 3 is 2.39 bits per heavy atom. The van der Waals surface area contributed by atoms with Crippen molar-refractivity contribution in [3.05, 3.63) is 0 Å². The van der Waals surface area contributed by atoms with Crippen molar-refractivity contribution in [1.29, 1.82) is 0 Å². The molecule has 0 bridgehead atoms. The van der Waals surface area contributed by atoms with Gasteiger partial charge in [-0.05, 0) is 25.9 Å². The quantitative estimate of drug-likeness (QED) is 0.798. The first-order valence-electron chi connectivity index (χ1n) is 6.37. The van der Waals surface area contributed by atoms with Crippen LogP contribution in [-0.2, 0) is 9.59 Å². The summed E-state index contributed by atoms with van der Waals surface area (Å²) in [5.41, 5.74) is -0.473. The molecule has 104 valence electrons. The molecule has 18 heavy (non-hydrogen) atoms. The van der Waals surface area contributed by atoms with Gasteiger partial charge in [-0.2, -0.15) is 0 Å². The number of carbonyl (C=O) groups excluding carboxylic acids is 1. The van der Waals surface area contributed by atoms with Crippen LogP contribution in [0.3, 0.4) is 0 Å². The molecule has 0 aromatic carbocycles. The number of likely N-dealkylation sites (tertiary alicyclic amines) is 1. The van der Waals surface area contributed by atoms with E-state index < -0.39 is 11.4 Å². The Bertz CT molecular complexity index is 326. The molecule has 1 heterocycles. The van der Waals surface area contributed by atoms with Gasteiger partial charge < -0.3 is 14.9 Å². The predicted molar refractivity (Wildman–Crippen MR) is 69.3 cm³/mol. The Hall–Kier alpha value is -1.10. The van der Waals surface area contributed by atoms with Crippen LogP contribution in [0, 0.1) is 5.41 Å². The molecular formula is C13H24N2O3. The first-order valence-corrected chi connectivity index (χ1v) is 6.37. The average molecular weight is 256 g/mol. The maximum atomic E-state index is 12.1. The highest BCUT2D eigenvalue weighted by atomic mass is 16.4. The van der Waals surface area contributed by atoms with Gasteiger partial charge >= 0.3 is 5.97 Å². The van der Waals surface area contributed by atoms with Crippen LogP contribution < -0.4 is 0 Å². The average Bonchev–Trinajstić information content (AvgIpc) is 2.62. The van der Waals surface area contributed by atoms with E-state index in [1.54, 1.807) is 0 Å². The summed E-state index contributed by atoms with van der Waals surface area (Å²) in [5, 5.41) is 8.81. The molecule has 5 nitrogen and oxygen atoms in total. The predicted octanol–water partition coefficient (Wildman–Crippen LogP) is 1.04. The third-order valence-corrected chi connectivity index (χ3v) is 3.51. The molecule has 1 fully saturated rings. The standard InChI is InChI=1S/C13H24N2O3/c1-13(2,8-12(17)18)7-11(16)15-6-5-10(9-15)14(3)4/h10H,5-9H2,1-4H3,(H,17,18). The molecule has 0 radical (unpaired) electrons. The van der Waals surface area contributed by atoms with Crippen molar-refractivity contribution in [2.45, 2.75) is 39.2 Å². The smallest absolute Gasteiger partial charge is 0.303 e. The number of likely N-dealkylation sites (N-methyl/N-ethyl adjacent to an activating group) is 1. The number of carboxylic acids is 1. The molecule has 1 unspecified atom stereocenters. The lowest BCUT2D eigenvalue weighted by molar-refractivity contribution is -0.140. The zero-order valence-corrected chi connectivity index (χ0v) is 11.8. The van der Waals surface area contributed by atoms with Crippen LogP contribution in [0.1, 0.15) is 33.1 Å². The van der Waals surface area contributed by atoms with E-state index in [1.165, 1.54) is 0 Å². The molecule has 0 aromatic heterocycles. The highest BCUT2D eigenvalue weighted by Crippen LogP contribution is 2.27. The van der Waals surface area contributed by atoms with Crippen LogP contribution in [0.25, 0.3) is 0 Å². The molecule has 0 spiro atoms. The Balaban J connectivity index is 2.49. The fraction of sp³-hybridized carbons (Fsp3) is 0.846. The number of aliphatic carboxylic acids is 1. The molecular weight excluding hydrogens is 232 g/mol. The SMILES string of the molecule is CN(C)C1CCN(C(=O)CC(C)(C)CC(=O)O)C1. The van der Waals surface area contributed by atoms with Gasteiger partial charge in [0.05, 0.1) is 6.42 Å². The largest absolute Gasteiger partial charge is 0.481 e. The third-order valence-electron chi connectivity index (χ3n) is 3.51. The van der Waals surface area contributed by atoms with E-state index in [-0.39, 0.29) is 12.3 Å². The molecule has 1 aliphatic rings. The Labute approximate surface area is 109 Å². The van der Waals surface area contributed by atoms with Crippen molar-refractivity contribution in [3.8, 4) is 0 Å². The molecule has 1 N–H and O–H groups in total. The second-order valence-electron chi connectivity index (χ2n) is 6.16. The summed E-state index contributed by atoms with van der Waals surface area (Å²) in [7, 11) is 4.04. The van der Waals surface area contributed by atoms with Crippen molar-refractivity contribution in [1.82, 2.24) is 9.80 Å². The van der Waals surface area contributed by atoms with Crippen LogP contribution in [0.2, 0.25) is 0 Å². The topological polar surface area (TPSA) is 60.9 Å². The van der Waals surface area contributed by atoms with Gasteiger partial charge in [0.2, 0.25) is 5.91 Å². The first kappa shape index (κ1) is 15.0. The maximum absolute atomic E-state index is 12.1. The van der Waals surface area contributed by atoms with E-state index in [1.807, 2.05) is 32.8 Å². The lowest BCUT2D eigenvalue weighted by Crippen LogP contribution is -2.36. The Morgan fingerprint density at radius 1 is 1.33 bits per heavy atom. The van der Waals surface area contributed by atoms with Gasteiger partial charge in [0.25, 0.3) is 0 Å². The van der Waals surface area contributed by atoms with E-state index >= 15 is 0 Å². The van der Waals surface area contributed by atoms with Crippen molar-refractivity contribution in [2.24, 2.45) is 5.41 Å². The number of hydrogen-bond acceptors (Lipinski definition) is 3. The van der Waals surface area contributed by atoms with E-state index in [4.69, 9.17) is 5.11 Å². The number of rotatable bonds is 5. The lowest BCUT2D eigenvalue weighted by atomic mass is 9.85. The van der Waals surface area contributed by atoms with Crippen molar-refractivity contribution < 1.29 is 14.7 Å². The minimum atomic E-state index is -0.847. The normalized spacial score (nSPS) is 20.5. The van der Waals surface area contributed by atoms with Gasteiger partial charge in [-0.3, -0.25) is 9.59 Å². The third kappa shape index (κ3) is 4.29. The summed E-state index contributed by atoms with van der Waals surface area (Å²) in [6.45, 7) is 5.21. The minimum absolute atomic E-state index is 0.0314. The maximum Gasteiger partial charge on any atom is 0.303 e. The van der Waals surface area contributed by atoms with Crippen LogP contribution in [-0.4, -0.2) is 60.0 Å². The number of nitrogens with zero attached hydrogens (tertiary/aromatic N) is 2. The molecule has 0 saturated carbocycles. The van der Waals surface area contributed by atoms with E-state index in [0.29, 0.717) is 12.5 Å². The number of carboxylic acid groups (broad SMARTS) is 1. The highest BCUT2D eigenvalue weighted by molar-refractivity contribution is 5.78. The van der Waals surface area contributed by atoms with Gasteiger partial charge in [0.15, 0.2) is 0 Å². The zero-order valence-electron chi connectivity index (χ0n) is 11.8. The van der Waals surface area contributed by atoms with Crippen LogP contribution in [0.15, 0.2) is 0 Å². The summed E-state index contributed by atoms with van der Waals surface area (Å²) in [6.07, 6.45) is 1.33. The van der Waals surface area contributed by atoms with Crippen LogP contribution in [0.5, 0.6) is 0 Å². The summed E-state index contributed by atoms with van der Waals surface area (Å²) in [6, 6.07) is 0.427. The van der Waals surface area contributed by atoms with Gasteiger partial charge in [0, 0.05) is 25.6 Å². The van der Waals surface area contributed by atoms with Crippen molar-refractivity contribution in [3.63, 3.8) is 0 Å². The van der Waals surface area contributed by atoms with E-state index in [2.05, 4.69) is 4.90 Å². The van der Waals surface area contributed by atoms with Gasteiger partial charge in [-0.25, -0.2) is 0 Å². The molecule has 0 aromatic rings. The molecule has 1 amide bonds. The van der Waals surface area contributed by atoms with E-state index in [0.717, 1.165) is 19.5 Å². The van der Waals surface area contributed by atoms with Gasteiger partial charge in [-0.1, -0.05) is 13.8 Å². The summed E-state index contributed by atoms with van der Waals surface area (Å²) in [4.78, 5) is 26.8. The number of carbonyl (C=O) groups is 2. The fourth-order valence-corrected chi connectivity index (χ4v) is 2.38. The van der Waals surface area contributed by atoms with Crippen LogP contribution in [0.4, 0.5) is 0 Å². The zero-order chi connectivity index (χ0) is 13.9. The van der Waals surface area contributed by atoms with E-state index in [9.17, 15) is 9.59 Å². The molecule has 1 rings (SSSR count). The monoisotopic (exact) mass is 256 g/mol. The highest BCUT2D eigenvalue weighted by Gasteiger charge is 2.32. The summed E-state index contributed by atoms with van der Waals surface area (Å²) >= 11 is 0. The Kier molecular flexibility index (Phi) is 4.73. The molecule has 1 aliphatic heterocycles. The van der Waals surface area contributed by atoms with Crippen molar-refractivity contribution in [2.75, 3.05) is 27.2 Å². The number of amides is 1. The van der Waals surface area contributed by atoms with Crippen molar-refractivity contribution >= 4 is 11.9 Å². The summed E-state index contributed by atoms with van der Waals surface area (Å²) < 4.78 is 0. The summed E-state index contributed by atoms with van der Waals surface area (Å²) in [5.74, 6) is -0.772. The molecule has 1 atom stereocenters. The van der Waals surface area contributed by atoms with Gasteiger partial charge in [-0.15, -0.1) is 0 Å². The first-order chi connectivity index (χ1) is 8.21. The van der Waals surface area contributed by atoms with Crippen LogP contribution >= 0.6 is 0 Å². The minimum Gasteiger partial charge on any atom is -0.481 e. The second-order valence-corrected chi connectivity index (χ2v) is 6.16. The number of hydrogen-bond donors (Lipinski definition) is 1. The molecule has 1 saturated heterocycles. The van der Waals surface area contributed by atoms with Gasteiger partial charge in [0.1, 0.15) is 0 Å². The molecule has 5 heteroatoms. The fourth-order valence-electron chi connectivity index (χ4n) is 2.38. The second kappa shape index (κ2) is 5.69.